The maximum absolute atomic E-state index is 12.6. The van der Waals surface area contributed by atoms with Gasteiger partial charge in [-0.15, -0.1) is 0 Å². The number of hydrogen-bond donors (Lipinski definition) is 1. The highest BCUT2D eigenvalue weighted by atomic mass is 16.2. The molecule has 2 atom stereocenters. The highest BCUT2D eigenvalue weighted by Gasteiger charge is 2.41. The van der Waals surface area contributed by atoms with Crippen molar-refractivity contribution in [2.45, 2.75) is 33.2 Å². The molecule has 4 rings (SSSR count). The zero-order valence-electron chi connectivity index (χ0n) is 15.2. The van der Waals surface area contributed by atoms with Gasteiger partial charge in [0.15, 0.2) is 0 Å². The summed E-state index contributed by atoms with van der Waals surface area (Å²) in [6.07, 6.45) is 3.70. The molecular weight excluding hydrogens is 328 g/mol. The molecule has 26 heavy (non-hydrogen) atoms. The summed E-state index contributed by atoms with van der Waals surface area (Å²) in [5.41, 5.74) is 2.82. The first-order valence-electron chi connectivity index (χ1n) is 9.24. The van der Waals surface area contributed by atoms with Crippen LogP contribution in [-0.4, -0.2) is 39.4 Å². The number of nitrogens with one attached hydrogen (secondary N) is 1. The van der Waals surface area contributed by atoms with Gasteiger partial charge in [0.2, 0.25) is 11.8 Å². The standard InChI is InChI=1S/C20H24N4O2/c1-13-10-17(13)20(26)23-7-6-19-21-12-18(24(19)9-8-23)15-4-3-5-16(11-15)22-14(2)25/h3-5,11-13,17H,6-10H2,1-2H3,(H,22,25)/t13-,17-/m1/s1. The van der Waals surface area contributed by atoms with E-state index in [1.54, 1.807) is 0 Å². The summed E-state index contributed by atoms with van der Waals surface area (Å²) in [4.78, 5) is 30.5. The number of aromatic nitrogens is 2. The Morgan fingerprint density at radius 3 is 2.77 bits per heavy atom. The van der Waals surface area contributed by atoms with Crippen molar-refractivity contribution in [3.63, 3.8) is 0 Å². The molecule has 6 nitrogen and oxygen atoms in total. The van der Waals surface area contributed by atoms with Crippen molar-refractivity contribution in [2.24, 2.45) is 11.8 Å². The third-order valence-electron chi connectivity index (χ3n) is 5.35. The Morgan fingerprint density at radius 1 is 1.23 bits per heavy atom. The van der Waals surface area contributed by atoms with Crippen molar-refractivity contribution in [2.75, 3.05) is 18.4 Å². The molecule has 0 spiro atoms. The zero-order chi connectivity index (χ0) is 18.3. The highest BCUT2D eigenvalue weighted by Crippen LogP contribution is 2.39. The van der Waals surface area contributed by atoms with Gasteiger partial charge in [-0.05, 0) is 24.5 Å². The Bertz CT molecular complexity index is 857. The number of nitrogens with zero attached hydrogens (tertiary/aromatic N) is 3. The molecule has 2 heterocycles. The van der Waals surface area contributed by atoms with Gasteiger partial charge < -0.3 is 14.8 Å². The zero-order valence-corrected chi connectivity index (χ0v) is 15.2. The molecule has 1 aromatic carbocycles. The molecule has 1 aliphatic heterocycles. The van der Waals surface area contributed by atoms with E-state index in [1.165, 1.54) is 6.92 Å². The lowest BCUT2D eigenvalue weighted by atomic mass is 10.1. The number of hydrogen-bond acceptors (Lipinski definition) is 3. The molecule has 6 heteroatoms. The van der Waals surface area contributed by atoms with Crippen LogP contribution < -0.4 is 5.32 Å². The monoisotopic (exact) mass is 352 g/mol. The molecule has 1 aliphatic carbocycles. The van der Waals surface area contributed by atoms with E-state index in [4.69, 9.17) is 0 Å². The lowest BCUT2D eigenvalue weighted by Gasteiger charge is -2.20. The quantitative estimate of drug-likeness (QED) is 0.923. The molecule has 0 saturated heterocycles. The van der Waals surface area contributed by atoms with Crippen LogP contribution in [0.4, 0.5) is 5.69 Å². The molecule has 2 aliphatic rings. The second-order valence-electron chi connectivity index (χ2n) is 7.37. The maximum Gasteiger partial charge on any atom is 0.226 e. The number of carbonyl (C=O) groups is 2. The Balaban J connectivity index is 1.55. The van der Waals surface area contributed by atoms with Crippen LogP contribution in [0.3, 0.4) is 0 Å². The van der Waals surface area contributed by atoms with Crippen LogP contribution in [0.2, 0.25) is 0 Å². The largest absolute Gasteiger partial charge is 0.340 e. The van der Waals surface area contributed by atoms with Crippen molar-refractivity contribution in [1.82, 2.24) is 14.5 Å². The minimum absolute atomic E-state index is 0.0854. The van der Waals surface area contributed by atoms with Crippen LogP contribution in [0, 0.1) is 11.8 Å². The molecule has 2 amide bonds. The van der Waals surface area contributed by atoms with Crippen molar-refractivity contribution in [3.05, 3.63) is 36.3 Å². The summed E-state index contributed by atoms with van der Waals surface area (Å²) in [6.45, 7) is 5.87. The number of anilines is 1. The SMILES string of the molecule is CC(=O)Nc1cccc(-c2cnc3n2CCN(C(=O)[C@@H]2C[C@H]2C)CC3)c1. The Hall–Kier alpha value is -2.63. The maximum atomic E-state index is 12.6. The van der Waals surface area contributed by atoms with Crippen LogP contribution in [0.25, 0.3) is 11.3 Å². The summed E-state index contributed by atoms with van der Waals surface area (Å²) < 4.78 is 2.20. The Morgan fingerprint density at radius 2 is 2.04 bits per heavy atom. The van der Waals surface area contributed by atoms with Crippen LogP contribution in [-0.2, 0) is 22.6 Å². The van der Waals surface area contributed by atoms with Gasteiger partial charge in [0.05, 0.1) is 11.9 Å². The third kappa shape index (κ3) is 3.23. The number of benzene rings is 1. The van der Waals surface area contributed by atoms with Crippen LogP contribution in [0.5, 0.6) is 0 Å². The van der Waals surface area contributed by atoms with Crippen molar-refractivity contribution >= 4 is 17.5 Å². The third-order valence-corrected chi connectivity index (χ3v) is 5.35. The molecule has 0 radical (unpaired) electrons. The molecular formula is C20H24N4O2. The van der Waals surface area contributed by atoms with Gasteiger partial charge >= 0.3 is 0 Å². The summed E-state index contributed by atoms with van der Waals surface area (Å²) >= 11 is 0. The topological polar surface area (TPSA) is 67.2 Å². The molecule has 1 fully saturated rings. The van der Waals surface area contributed by atoms with Crippen molar-refractivity contribution in [1.29, 1.82) is 0 Å². The smallest absolute Gasteiger partial charge is 0.226 e. The fourth-order valence-corrected chi connectivity index (χ4v) is 3.74. The van der Waals surface area contributed by atoms with Gasteiger partial charge in [0.25, 0.3) is 0 Å². The van der Waals surface area contributed by atoms with E-state index in [-0.39, 0.29) is 11.8 Å². The predicted molar refractivity (Wildman–Crippen MR) is 99.5 cm³/mol. The van der Waals surface area contributed by atoms with Gasteiger partial charge in [-0.25, -0.2) is 4.98 Å². The average Bonchev–Trinajstić information content (AvgIpc) is 3.27. The first-order chi connectivity index (χ1) is 12.5. The number of carbonyl (C=O) groups excluding carboxylic acids is 2. The molecule has 1 N–H and O–H groups in total. The minimum Gasteiger partial charge on any atom is -0.340 e. The molecule has 1 saturated carbocycles. The number of imidazole rings is 1. The highest BCUT2D eigenvalue weighted by molar-refractivity contribution is 5.89. The van der Waals surface area contributed by atoms with Crippen molar-refractivity contribution < 1.29 is 9.59 Å². The molecule has 2 aromatic rings. The lowest BCUT2D eigenvalue weighted by molar-refractivity contribution is -0.132. The normalized spacial score (nSPS) is 21.7. The van der Waals surface area contributed by atoms with Gasteiger partial charge in [0, 0.05) is 50.1 Å². The number of amides is 2. The minimum atomic E-state index is -0.0854. The Labute approximate surface area is 153 Å². The van der Waals surface area contributed by atoms with E-state index in [0.717, 1.165) is 55.2 Å². The van der Waals surface area contributed by atoms with E-state index in [2.05, 4.69) is 21.8 Å². The van der Waals surface area contributed by atoms with Gasteiger partial charge in [-0.2, -0.15) is 0 Å². The van der Waals surface area contributed by atoms with Crippen LogP contribution in [0.1, 0.15) is 26.1 Å². The fraction of sp³-hybridized carbons (Fsp3) is 0.450. The average molecular weight is 352 g/mol. The summed E-state index contributed by atoms with van der Waals surface area (Å²) in [5.74, 6) is 2.00. The number of fused-ring (bicyclic) bond motifs is 1. The van der Waals surface area contributed by atoms with E-state index in [9.17, 15) is 9.59 Å². The fourth-order valence-electron chi connectivity index (χ4n) is 3.74. The van der Waals surface area contributed by atoms with Crippen LogP contribution >= 0.6 is 0 Å². The van der Waals surface area contributed by atoms with Gasteiger partial charge in [-0.1, -0.05) is 19.1 Å². The summed E-state index contributed by atoms with van der Waals surface area (Å²) in [6, 6.07) is 7.80. The van der Waals surface area contributed by atoms with Gasteiger partial charge in [-0.3, -0.25) is 9.59 Å². The summed E-state index contributed by atoms with van der Waals surface area (Å²) in [5, 5.41) is 2.82. The molecule has 0 unspecified atom stereocenters. The second kappa shape index (κ2) is 6.59. The van der Waals surface area contributed by atoms with Crippen LogP contribution in [0.15, 0.2) is 30.5 Å². The van der Waals surface area contributed by atoms with E-state index < -0.39 is 0 Å². The molecule has 0 bridgehead atoms. The lowest BCUT2D eigenvalue weighted by Crippen LogP contribution is -2.35. The van der Waals surface area contributed by atoms with E-state index in [0.29, 0.717) is 11.8 Å². The molecule has 136 valence electrons. The molecule has 1 aromatic heterocycles. The van der Waals surface area contributed by atoms with E-state index in [1.807, 2.05) is 35.4 Å². The summed E-state index contributed by atoms with van der Waals surface area (Å²) in [7, 11) is 0. The predicted octanol–water partition coefficient (Wildman–Crippen LogP) is 2.55. The first kappa shape index (κ1) is 16.8. The van der Waals surface area contributed by atoms with E-state index >= 15 is 0 Å². The van der Waals surface area contributed by atoms with Gasteiger partial charge in [0.1, 0.15) is 5.82 Å². The Kier molecular flexibility index (Phi) is 4.26. The second-order valence-corrected chi connectivity index (χ2v) is 7.37. The first-order valence-corrected chi connectivity index (χ1v) is 9.24. The number of rotatable bonds is 3. The van der Waals surface area contributed by atoms with Crippen molar-refractivity contribution in [3.8, 4) is 11.3 Å².